The molecule has 0 fully saturated rings. The molecule has 0 saturated carbocycles. The number of hydrogen-bond donors (Lipinski definition) is 0. The molecular formula is C20H22N2O5. The van der Waals surface area contributed by atoms with Crippen LogP contribution in [0.25, 0.3) is 0 Å². The van der Waals surface area contributed by atoms with Crippen LogP contribution in [-0.4, -0.2) is 40.9 Å². The van der Waals surface area contributed by atoms with Crippen LogP contribution in [0.1, 0.15) is 42.1 Å². The van der Waals surface area contributed by atoms with Crippen LogP contribution in [0.2, 0.25) is 0 Å². The van der Waals surface area contributed by atoms with Crippen molar-refractivity contribution in [2.45, 2.75) is 26.2 Å². The summed E-state index contributed by atoms with van der Waals surface area (Å²) in [5, 5.41) is 0. The third kappa shape index (κ3) is 5.44. The fourth-order valence-electron chi connectivity index (χ4n) is 2.76. The lowest BCUT2D eigenvalue weighted by Gasteiger charge is -2.24. The Bertz CT molecular complexity index is 746. The largest absolute Gasteiger partial charge is 0.465 e. The van der Waals surface area contributed by atoms with E-state index in [0.717, 1.165) is 0 Å². The molecule has 0 radical (unpaired) electrons. The van der Waals surface area contributed by atoms with E-state index in [1.54, 1.807) is 50.5 Å². The highest BCUT2D eigenvalue weighted by molar-refractivity contribution is 6.00. The van der Waals surface area contributed by atoms with Crippen molar-refractivity contribution in [3.63, 3.8) is 0 Å². The standard InChI is InChI=1S/C20H22N2O5/c1-3-26-19(24)18(20(25)27-4-2)16(14-7-5-9-21-12-14)11-17(23)15-8-6-10-22-13-15/h5-10,12-13,16,18H,3-4,11H2,1-2H3/t16-/m0/s1. The van der Waals surface area contributed by atoms with E-state index < -0.39 is 23.8 Å². The Balaban J connectivity index is 2.40. The summed E-state index contributed by atoms with van der Waals surface area (Å²) < 4.78 is 10.2. The molecule has 142 valence electrons. The fourth-order valence-corrected chi connectivity index (χ4v) is 2.76. The number of carbonyl (C=O) groups excluding carboxylic acids is 3. The van der Waals surface area contributed by atoms with Gasteiger partial charge >= 0.3 is 11.9 Å². The highest BCUT2D eigenvalue weighted by Crippen LogP contribution is 2.31. The van der Waals surface area contributed by atoms with Gasteiger partial charge in [0.2, 0.25) is 0 Å². The summed E-state index contributed by atoms with van der Waals surface area (Å²) in [6, 6.07) is 6.70. The van der Waals surface area contributed by atoms with E-state index in [1.165, 1.54) is 12.4 Å². The maximum Gasteiger partial charge on any atom is 0.320 e. The van der Waals surface area contributed by atoms with Gasteiger partial charge in [-0.3, -0.25) is 24.4 Å². The number of aromatic nitrogens is 2. The van der Waals surface area contributed by atoms with Gasteiger partial charge in [-0.1, -0.05) is 6.07 Å². The predicted octanol–water partition coefficient (Wildman–Crippen LogP) is 2.58. The number of nitrogens with zero attached hydrogens (tertiary/aromatic N) is 2. The number of carbonyl (C=O) groups is 3. The molecule has 0 saturated heterocycles. The smallest absolute Gasteiger partial charge is 0.320 e. The minimum absolute atomic E-state index is 0.0836. The van der Waals surface area contributed by atoms with Crippen molar-refractivity contribution >= 4 is 17.7 Å². The second kappa shape index (κ2) is 10.2. The first kappa shape index (κ1) is 20.2. The third-order valence-electron chi connectivity index (χ3n) is 3.98. The number of esters is 2. The Hall–Kier alpha value is -3.09. The molecule has 2 aromatic rings. The molecule has 0 spiro atoms. The summed E-state index contributed by atoms with van der Waals surface area (Å²) in [7, 11) is 0. The third-order valence-corrected chi connectivity index (χ3v) is 3.98. The first-order chi connectivity index (χ1) is 13.1. The molecular weight excluding hydrogens is 348 g/mol. The molecule has 0 amide bonds. The van der Waals surface area contributed by atoms with Crippen molar-refractivity contribution in [1.29, 1.82) is 0 Å². The van der Waals surface area contributed by atoms with E-state index in [-0.39, 0.29) is 25.4 Å². The van der Waals surface area contributed by atoms with E-state index in [1.807, 2.05) is 0 Å². The summed E-state index contributed by atoms with van der Waals surface area (Å²) in [5.74, 6) is -3.69. The predicted molar refractivity (Wildman–Crippen MR) is 96.9 cm³/mol. The number of rotatable bonds is 9. The lowest BCUT2D eigenvalue weighted by molar-refractivity contribution is -0.162. The van der Waals surface area contributed by atoms with Crippen LogP contribution in [0.15, 0.2) is 49.1 Å². The second-order valence-corrected chi connectivity index (χ2v) is 5.74. The summed E-state index contributed by atoms with van der Waals surface area (Å²) in [6.07, 6.45) is 6.04. The summed E-state index contributed by atoms with van der Waals surface area (Å²) in [6.45, 7) is 3.54. The van der Waals surface area contributed by atoms with Crippen LogP contribution in [0.5, 0.6) is 0 Å². The van der Waals surface area contributed by atoms with Crippen LogP contribution in [0.3, 0.4) is 0 Å². The molecule has 7 nitrogen and oxygen atoms in total. The van der Waals surface area contributed by atoms with Crippen LogP contribution in [-0.2, 0) is 19.1 Å². The van der Waals surface area contributed by atoms with Crippen molar-refractivity contribution in [3.8, 4) is 0 Å². The number of hydrogen-bond acceptors (Lipinski definition) is 7. The fraction of sp³-hybridized carbons (Fsp3) is 0.350. The van der Waals surface area contributed by atoms with Crippen molar-refractivity contribution < 1.29 is 23.9 Å². The first-order valence-electron chi connectivity index (χ1n) is 8.74. The van der Waals surface area contributed by atoms with Gasteiger partial charge in [0.25, 0.3) is 0 Å². The van der Waals surface area contributed by atoms with Gasteiger partial charge in [-0.15, -0.1) is 0 Å². The number of Topliss-reactive ketones (excluding diaryl/α,β-unsaturated/α-hetero) is 1. The Morgan fingerprint density at radius 1 is 0.926 bits per heavy atom. The number of ketones is 1. The quantitative estimate of drug-likeness (QED) is 0.380. The lowest BCUT2D eigenvalue weighted by Crippen LogP contribution is -2.34. The van der Waals surface area contributed by atoms with Crippen molar-refractivity contribution in [1.82, 2.24) is 9.97 Å². The zero-order chi connectivity index (χ0) is 19.6. The molecule has 0 aromatic carbocycles. The highest BCUT2D eigenvalue weighted by Gasteiger charge is 2.39. The van der Waals surface area contributed by atoms with Gasteiger partial charge in [0.05, 0.1) is 13.2 Å². The van der Waals surface area contributed by atoms with Gasteiger partial charge in [-0.2, -0.15) is 0 Å². The summed E-state index contributed by atoms with van der Waals surface area (Å²) >= 11 is 0. The van der Waals surface area contributed by atoms with Crippen LogP contribution in [0.4, 0.5) is 0 Å². The molecule has 0 aliphatic rings. The Labute approximate surface area is 157 Å². The van der Waals surface area contributed by atoms with E-state index in [2.05, 4.69) is 9.97 Å². The van der Waals surface area contributed by atoms with E-state index in [9.17, 15) is 14.4 Å². The molecule has 27 heavy (non-hydrogen) atoms. The van der Waals surface area contributed by atoms with Gasteiger partial charge in [-0.25, -0.2) is 0 Å². The molecule has 2 heterocycles. The lowest BCUT2D eigenvalue weighted by atomic mass is 9.82. The Morgan fingerprint density at radius 2 is 1.52 bits per heavy atom. The SMILES string of the molecule is CCOC(=O)C(C(=O)OCC)[C@@H](CC(=O)c1cccnc1)c1cccnc1. The topological polar surface area (TPSA) is 95.5 Å². The zero-order valence-corrected chi connectivity index (χ0v) is 15.3. The summed E-state index contributed by atoms with van der Waals surface area (Å²) in [4.78, 5) is 45.8. The molecule has 2 rings (SSSR count). The van der Waals surface area contributed by atoms with Crippen molar-refractivity contribution in [2.24, 2.45) is 5.92 Å². The Morgan fingerprint density at radius 3 is 2.00 bits per heavy atom. The van der Waals surface area contributed by atoms with Gasteiger partial charge in [0, 0.05) is 42.7 Å². The molecule has 1 atom stereocenters. The minimum Gasteiger partial charge on any atom is -0.465 e. The van der Waals surface area contributed by atoms with Gasteiger partial charge in [0.15, 0.2) is 11.7 Å². The molecule has 0 N–H and O–H groups in total. The van der Waals surface area contributed by atoms with Gasteiger partial charge in [0.1, 0.15) is 0 Å². The van der Waals surface area contributed by atoms with Crippen LogP contribution < -0.4 is 0 Å². The van der Waals surface area contributed by atoms with E-state index >= 15 is 0 Å². The summed E-state index contributed by atoms with van der Waals surface area (Å²) in [5.41, 5.74) is 0.985. The maximum absolute atomic E-state index is 12.7. The van der Waals surface area contributed by atoms with Crippen LogP contribution >= 0.6 is 0 Å². The van der Waals surface area contributed by atoms with Crippen molar-refractivity contribution in [2.75, 3.05) is 13.2 Å². The molecule has 0 aliphatic carbocycles. The average molecular weight is 370 g/mol. The number of ether oxygens (including phenoxy) is 2. The maximum atomic E-state index is 12.7. The molecule has 0 unspecified atom stereocenters. The van der Waals surface area contributed by atoms with Gasteiger partial charge in [-0.05, 0) is 37.6 Å². The zero-order valence-electron chi connectivity index (χ0n) is 15.3. The molecule has 0 aliphatic heterocycles. The van der Waals surface area contributed by atoms with Gasteiger partial charge < -0.3 is 9.47 Å². The molecule has 7 heteroatoms. The second-order valence-electron chi connectivity index (χ2n) is 5.74. The molecule has 2 aromatic heterocycles. The molecule has 0 bridgehead atoms. The van der Waals surface area contributed by atoms with Crippen molar-refractivity contribution in [3.05, 3.63) is 60.2 Å². The van der Waals surface area contributed by atoms with E-state index in [4.69, 9.17) is 9.47 Å². The highest BCUT2D eigenvalue weighted by atomic mass is 16.6. The monoisotopic (exact) mass is 370 g/mol. The average Bonchev–Trinajstić information content (AvgIpc) is 2.69. The minimum atomic E-state index is -1.25. The van der Waals surface area contributed by atoms with E-state index in [0.29, 0.717) is 11.1 Å². The normalized spacial score (nSPS) is 11.7. The Kier molecular flexibility index (Phi) is 7.61. The van der Waals surface area contributed by atoms with Crippen LogP contribution in [0, 0.1) is 5.92 Å². The first-order valence-corrected chi connectivity index (χ1v) is 8.74. The number of pyridine rings is 2.